The summed E-state index contributed by atoms with van der Waals surface area (Å²) in [7, 11) is 0. The Kier molecular flexibility index (Phi) is 8.06. The topological polar surface area (TPSA) is 166 Å². The van der Waals surface area contributed by atoms with Crippen LogP contribution in [-0.2, 0) is 29.0 Å². The smallest absolute Gasteiger partial charge is 0.407 e. The molecular formula is C27H27ClN8O6S. The lowest BCUT2D eigenvalue weighted by Gasteiger charge is -2.36. The summed E-state index contributed by atoms with van der Waals surface area (Å²) in [5.74, 6) is 0.738. The van der Waals surface area contributed by atoms with Gasteiger partial charge in [0.15, 0.2) is 23.7 Å². The molecule has 14 nitrogen and oxygen atoms in total. The van der Waals surface area contributed by atoms with E-state index in [0.717, 1.165) is 11.4 Å². The molecule has 6 rings (SSSR count). The van der Waals surface area contributed by atoms with Crippen LogP contribution < -0.4 is 15.0 Å². The number of fused-ring (bicyclic) bond motifs is 3. The predicted molar refractivity (Wildman–Crippen MR) is 153 cm³/mol. The van der Waals surface area contributed by atoms with E-state index in [0.29, 0.717) is 67.9 Å². The molecule has 1 atom stereocenters. The van der Waals surface area contributed by atoms with Gasteiger partial charge in [-0.25, -0.2) is 14.8 Å². The van der Waals surface area contributed by atoms with E-state index in [1.165, 1.54) is 16.2 Å². The van der Waals surface area contributed by atoms with Gasteiger partial charge in [-0.2, -0.15) is 5.26 Å². The Hall–Kier alpha value is -4.39. The first-order valence-corrected chi connectivity index (χ1v) is 14.8. The van der Waals surface area contributed by atoms with E-state index in [2.05, 4.69) is 15.2 Å². The lowest BCUT2D eigenvalue weighted by molar-refractivity contribution is -0.135. The van der Waals surface area contributed by atoms with Crippen LogP contribution in [0, 0.1) is 11.5 Å². The fraction of sp³-hybridized carbons (Fsp3) is 0.407. The van der Waals surface area contributed by atoms with E-state index >= 15 is 0 Å². The molecule has 3 aliphatic rings. The molecule has 43 heavy (non-hydrogen) atoms. The number of hydrogen-bond donors (Lipinski definition) is 2. The van der Waals surface area contributed by atoms with Crippen molar-refractivity contribution in [2.45, 2.75) is 25.6 Å². The van der Waals surface area contributed by atoms with Crippen LogP contribution in [-0.4, -0.2) is 93.3 Å². The van der Waals surface area contributed by atoms with Crippen LogP contribution in [0.1, 0.15) is 38.5 Å². The van der Waals surface area contributed by atoms with Crippen molar-refractivity contribution >= 4 is 46.7 Å². The second-order valence-corrected chi connectivity index (χ2v) is 11.4. The van der Waals surface area contributed by atoms with Crippen LogP contribution in [0.4, 0.5) is 10.6 Å². The van der Waals surface area contributed by atoms with Crippen molar-refractivity contribution in [2.24, 2.45) is 0 Å². The molecule has 0 spiro atoms. The maximum Gasteiger partial charge on any atom is 0.407 e. The molecule has 16 heteroatoms. The zero-order valence-electron chi connectivity index (χ0n) is 22.9. The highest BCUT2D eigenvalue weighted by Crippen LogP contribution is 2.40. The third-order valence-corrected chi connectivity index (χ3v) is 8.90. The summed E-state index contributed by atoms with van der Waals surface area (Å²) >= 11 is 7.72. The number of amides is 3. The van der Waals surface area contributed by atoms with Crippen molar-refractivity contribution in [2.75, 3.05) is 50.9 Å². The molecule has 224 valence electrons. The van der Waals surface area contributed by atoms with Gasteiger partial charge in [0.25, 0.3) is 11.8 Å². The van der Waals surface area contributed by atoms with Crippen LogP contribution in [0.25, 0.3) is 0 Å². The number of carbonyl (C=O) groups is 3. The number of pyridine rings is 1. The minimum absolute atomic E-state index is 0.137. The standard InChI is InChI=1S/C27H27ClN8O6S/c28-25-18(1-2-20(32-25)33-7-9-41-10-8-33)42-13-22(37)36-4-3-17-23(35-6-5-34(27(39)40)12-21(35)31-17)24(36)19-11-16(14-43-19)26(38)30-15-29/h1-2,11,14,24H,3-10,12-13H2,(H,30,38)(H,39,40). The number of carbonyl (C=O) groups excluding carboxylic acids is 2. The van der Waals surface area contributed by atoms with E-state index in [-0.39, 0.29) is 36.5 Å². The van der Waals surface area contributed by atoms with Crippen LogP contribution in [0.15, 0.2) is 23.6 Å². The molecule has 3 aliphatic heterocycles. The number of aromatic nitrogens is 3. The SMILES string of the molecule is N#CNC(=O)c1csc(C2c3c(nc4n3CCN(C(=O)O)C4)CCN2C(=O)COc2ccc(N3CCOCC3)nc2Cl)c1. The maximum atomic E-state index is 13.7. The Morgan fingerprint density at radius 3 is 2.74 bits per heavy atom. The number of ether oxygens (including phenoxy) is 2. The molecule has 3 aromatic rings. The van der Waals surface area contributed by atoms with Crippen LogP contribution in [0.3, 0.4) is 0 Å². The minimum atomic E-state index is -1.02. The predicted octanol–water partition coefficient (Wildman–Crippen LogP) is 2.09. The first-order chi connectivity index (χ1) is 20.8. The largest absolute Gasteiger partial charge is 0.481 e. The molecule has 6 heterocycles. The van der Waals surface area contributed by atoms with Gasteiger partial charge in [-0.1, -0.05) is 11.6 Å². The fourth-order valence-electron chi connectivity index (χ4n) is 5.57. The molecule has 3 aromatic heterocycles. The first-order valence-electron chi connectivity index (χ1n) is 13.6. The van der Waals surface area contributed by atoms with E-state index in [1.807, 2.05) is 4.57 Å². The number of carboxylic acid groups (broad SMARTS) is 1. The molecule has 0 aromatic carbocycles. The van der Waals surface area contributed by atoms with Gasteiger partial charge in [-0.15, -0.1) is 11.3 Å². The average molecular weight is 627 g/mol. The van der Waals surface area contributed by atoms with Crippen molar-refractivity contribution in [1.29, 1.82) is 5.26 Å². The minimum Gasteiger partial charge on any atom is -0.481 e. The Balaban J connectivity index is 1.26. The number of hydrogen-bond acceptors (Lipinski definition) is 10. The molecule has 1 saturated heterocycles. The van der Waals surface area contributed by atoms with Crippen molar-refractivity contribution in [1.82, 2.24) is 29.7 Å². The van der Waals surface area contributed by atoms with Gasteiger partial charge in [0.1, 0.15) is 17.7 Å². The zero-order chi connectivity index (χ0) is 30.1. The van der Waals surface area contributed by atoms with Crippen LogP contribution in [0.2, 0.25) is 5.15 Å². The molecule has 1 fully saturated rings. The zero-order valence-corrected chi connectivity index (χ0v) is 24.4. The third kappa shape index (κ3) is 5.68. The van der Waals surface area contributed by atoms with Crippen LogP contribution >= 0.6 is 22.9 Å². The Morgan fingerprint density at radius 2 is 2.00 bits per heavy atom. The molecule has 0 bridgehead atoms. The van der Waals surface area contributed by atoms with Gasteiger partial charge in [0.2, 0.25) is 0 Å². The molecule has 1 unspecified atom stereocenters. The number of imidazole rings is 1. The summed E-state index contributed by atoms with van der Waals surface area (Å²) in [5.41, 5.74) is 1.86. The third-order valence-electron chi connectivity index (χ3n) is 7.65. The van der Waals surface area contributed by atoms with E-state index in [4.69, 9.17) is 31.3 Å². The number of nitrogens with zero attached hydrogens (tertiary/aromatic N) is 7. The second-order valence-electron chi connectivity index (χ2n) is 10.1. The summed E-state index contributed by atoms with van der Waals surface area (Å²) in [5, 5.41) is 22.3. The summed E-state index contributed by atoms with van der Waals surface area (Å²) in [4.78, 5) is 52.7. The highest BCUT2D eigenvalue weighted by Gasteiger charge is 2.39. The first kappa shape index (κ1) is 28.7. The summed E-state index contributed by atoms with van der Waals surface area (Å²) in [6.45, 7) is 3.45. The number of nitriles is 1. The van der Waals surface area contributed by atoms with Crippen molar-refractivity contribution in [3.8, 4) is 11.9 Å². The summed E-state index contributed by atoms with van der Waals surface area (Å²) in [6.07, 6.45) is 1.09. The molecule has 0 radical (unpaired) electrons. The summed E-state index contributed by atoms with van der Waals surface area (Å²) in [6, 6.07) is 4.56. The van der Waals surface area contributed by atoms with Gasteiger partial charge < -0.3 is 28.9 Å². The fourth-order valence-corrected chi connectivity index (χ4v) is 6.78. The molecule has 0 aliphatic carbocycles. The Labute approximate surface area is 255 Å². The van der Waals surface area contributed by atoms with Crippen molar-refractivity contribution < 1.29 is 29.0 Å². The van der Waals surface area contributed by atoms with Gasteiger partial charge in [-0.3, -0.25) is 19.8 Å². The van der Waals surface area contributed by atoms with Crippen molar-refractivity contribution in [3.63, 3.8) is 0 Å². The van der Waals surface area contributed by atoms with Crippen LogP contribution in [0.5, 0.6) is 5.75 Å². The number of anilines is 1. The molecular weight excluding hydrogens is 600 g/mol. The summed E-state index contributed by atoms with van der Waals surface area (Å²) < 4.78 is 13.2. The average Bonchev–Trinajstić information content (AvgIpc) is 3.65. The lowest BCUT2D eigenvalue weighted by atomic mass is 10.00. The monoisotopic (exact) mass is 626 g/mol. The quantitative estimate of drug-likeness (QED) is 0.235. The second kappa shape index (κ2) is 12.1. The number of morpholine rings is 1. The molecule has 2 N–H and O–H groups in total. The van der Waals surface area contributed by atoms with E-state index in [1.54, 1.807) is 34.7 Å². The molecule has 0 saturated carbocycles. The maximum absolute atomic E-state index is 13.7. The number of halogens is 1. The number of nitrogens with one attached hydrogen (secondary N) is 1. The number of thiophene rings is 1. The lowest BCUT2D eigenvalue weighted by Crippen LogP contribution is -2.44. The van der Waals surface area contributed by atoms with E-state index < -0.39 is 18.0 Å². The Morgan fingerprint density at radius 1 is 1.19 bits per heavy atom. The Bertz CT molecular complexity index is 1610. The normalized spacial score (nSPS) is 18.0. The van der Waals surface area contributed by atoms with Gasteiger partial charge in [-0.05, 0) is 18.2 Å². The van der Waals surface area contributed by atoms with Gasteiger partial charge in [0, 0.05) is 49.4 Å². The van der Waals surface area contributed by atoms with Gasteiger partial charge >= 0.3 is 6.09 Å². The highest BCUT2D eigenvalue weighted by atomic mass is 35.5. The van der Waals surface area contributed by atoms with E-state index in [9.17, 15) is 19.5 Å². The highest BCUT2D eigenvalue weighted by molar-refractivity contribution is 7.10. The van der Waals surface area contributed by atoms with Gasteiger partial charge in [0.05, 0.1) is 36.7 Å². The van der Waals surface area contributed by atoms with Crippen molar-refractivity contribution in [3.05, 3.63) is 56.4 Å². The molecule has 3 amide bonds. The number of rotatable bonds is 6.